The van der Waals surface area contributed by atoms with E-state index in [4.69, 9.17) is 5.73 Å². The number of nitrogens with two attached hydrogens (primary N) is 1. The van der Waals surface area contributed by atoms with Crippen molar-refractivity contribution in [2.45, 2.75) is 25.3 Å². The highest BCUT2D eigenvalue weighted by Crippen LogP contribution is 2.28. The zero-order valence-corrected chi connectivity index (χ0v) is 6.17. The summed E-state index contributed by atoms with van der Waals surface area (Å²) < 4.78 is 4.50. The van der Waals surface area contributed by atoms with Gasteiger partial charge in [-0.15, -0.1) is 0 Å². The molecule has 3 nitrogen and oxygen atoms in total. The minimum Gasteiger partial charge on any atom is -0.468 e. The highest BCUT2D eigenvalue weighted by Gasteiger charge is 2.29. The van der Waals surface area contributed by atoms with Crippen molar-refractivity contribution in [2.24, 2.45) is 11.7 Å². The fraction of sp³-hybridized carbons (Fsp3) is 0.857. The van der Waals surface area contributed by atoms with Gasteiger partial charge in [-0.05, 0) is 18.8 Å². The van der Waals surface area contributed by atoms with Crippen molar-refractivity contribution < 1.29 is 9.53 Å². The lowest BCUT2D eigenvalue weighted by Crippen LogP contribution is -2.41. The van der Waals surface area contributed by atoms with Crippen molar-refractivity contribution in [3.63, 3.8) is 0 Å². The summed E-state index contributed by atoms with van der Waals surface area (Å²) in [5.74, 6) is 0.108. The molecule has 0 aromatic rings. The second kappa shape index (κ2) is 3.01. The number of ether oxygens (including phenoxy) is 1. The monoisotopic (exact) mass is 143 g/mol. The van der Waals surface area contributed by atoms with Crippen molar-refractivity contribution >= 4 is 5.97 Å². The van der Waals surface area contributed by atoms with E-state index in [2.05, 4.69) is 4.74 Å². The lowest BCUT2D eigenvalue weighted by molar-refractivity contribution is -0.144. The molecule has 1 unspecified atom stereocenters. The van der Waals surface area contributed by atoms with E-state index in [1.54, 1.807) is 0 Å². The van der Waals surface area contributed by atoms with E-state index >= 15 is 0 Å². The standard InChI is InChI=1S/C7H13NO2/c1-10-7(9)6(8)5-3-2-4-5/h5-6H,2-4,8H2,1H3. The predicted octanol–water partition coefficient (Wildman–Crippen LogP) is 0.287. The van der Waals surface area contributed by atoms with Gasteiger partial charge < -0.3 is 10.5 Å². The maximum atomic E-state index is 10.8. The molecule has 2 N–H and O–H groups in total. The molecule has 0 spiro atoms. The molecule has 0 amide bonds. The molecule has 10 heavy (non-hydrogen) atoms. The molecule has 0 aliphatic heterocycles. The van der Waals surface area contributed by atoms with Gasteiger partial charge in [0.05, 0.1) is 7.11 Å². The normalized spacial score (nSPS) is 21.4. The van der Waals surface area contributed by atoms with Gasteiger partial charge >= 0.3 is 5.97 Å². The molecule has 1 saturated carbocycles. The summed E-state index contributed by atoms with van der Waals surface area (Å²) >= 11 is 0. The molecule has 0 bridgehead atoms. The Hall–Kier alpha value is -0.570. The summed E-state index contributed by atoms with van der Waals surface area (Å²) in [7, 11) is 1.38. The Bertz CT molecular complexity index is 132. The van der Waals surface area contributed by atoms with Gasteiger partial charge in [-0.2, -0.15) is 0 Å². The Kier molecular flexibility index (Phi) is 2.27. The maximum absolute atomic E-state index is 10.8. The van der Waals surface area contributed by atoms with E-state index < -0.39 is 0 Å². The molecule has 1 rings (SSSR count). The van der Waals surface area contributed by atoms with E-state index in [9.17, 15) is 4.79 Å². The predicted molar refractivity (Wildman–Crippen MR) is 37.3 cm³/mol. The maximum Gasteiger partial charge on any atom is 0.322 e. The molecule has 3 heteroatoms. The van der Waals surface area contributed by atoms with Gasteiger partial charge in [0.25, 0.3) is 0 Å². The van der Waals surface area contributed by atoms with Crippen LogP contribution in [0.1, 0.15) is 19.3 Å². The molecule has 58 valence electrons. The topological polar surface area (TPSA) is 52.3 Å². The van der Waals surface area contributed by atoms with Crippen LogP contribution >= 0.6 is 0 Å². The quantitative estimate of drug-likeness (QED) is 0.565. The van der Waals surface area contributed by atoms with Crippen molar-refractivity contribution in [3.05, 3.63) is 0 Å². The third kappa shape index (κ3) is 1.29. The summed E-state index contributed by atoms with van der Waals surface area (Å²) in [6, 6.07) is -0.376. The molecule has 1 atom stereocenters. The zero-order chi connectivity index (χ0) is 7.56. The lowest BCUT2D eigenvalue weighted by Gasteiger charge is -2.29. The Morgan fingerprint density at radius 2 is 2.30 bits per heavy atom. The van der Waals surface area contributed by atoms with E-state index in [0.717, 1.165) is 12.8 Å². The minimum atomic E-state index is -0.376. The first-order valence-electron chi connectivity index (χ1n) is 3.59. The van der Waals surface area contributed by atoms with E-state index in [1.165, 1.54) is 13.5 Å². The zero-order valence-electron chi connectivity index (χ0n) is 6.17. The van der Waals surface area contributed by atoms with Crippen LogP contribution in [0.4, 0.5) is 0 Å². The summed E-state index contributed by atoms with van der Waals surface area (Å²) in [6.45, 7) is 0. The Morgan fingerprint density at radius 1 is 1.70 bits per heavy atom. The van der Waals surface area contributed by atoms with Gasteiger partial charge in [0, 0.05) is 0 Å². The van der Waals surface area contributed by atoms with Crippen LogP contribution in [0.25, 0.3) is 0 Å². The molecular formula is C7H13NO2. The third-order valence-electron chi connectivity index (χ3n) is 2.13. The third-order valence-corrected chi connectivity index (χ3v) is 2.13. The first-order chi connectivity index (χ1) is 4.75. The minimum absolute atomic E-state index is 0.273. The molecule has 0 aromatic heterocycles. The van der Waals surface area contributed by atoms with Crippen molar-refractivity contribution in [1.29, 1.82) is 0 Å². The van der Waals surface area contributed by atoms with Crippen molar-refractivity contribution in [2.75, 3.05) is 7.11 Å². The second-order valence-electron chi connectivity index (χ2n) is 2.74. The van der Waals surface area contributed by atoms with Gasteiger partial charge in [-0.1, -0.05) is 6.42 Å². The fourth-order valence-electron chi connectivity index (χ4n) is 1.13. The SMILES string of the molecule is COC(=O)C(N)C1CCC1. The van der Waals surface area contributed by atoms with Crippen LogP contribution in [0, 0.1) is 5.92 Å². The summed E-state index contributed by atoms with van der Waals surface area (Å²) in [6.07, 6.45) is 3.36. The average molecular weight is 143 g/mol. The van der Waals surface area contributed by atoms with Crippen LogP contribution < -0.4 is 5.73 Å². The van der Waals surface area contributed by atoms with E-state index in [0.29, 0.717) is 5.92 Å². The van der Waals surface area contributed by atoms with E-state index in [1.807, 2.05) is 0 Å². The number of carbonyl (C=O) groups is 1. The van der Waals surface area contributed by atoms with Gasteiger partial charge in [-0.3, -0.25) is 4.79 Å². The molecule has 0 saturated heterocycles. The Balaban J connectivity index is 2.31. The number of hydrogen-bond acceptors (Lipinski definition) is 3. The summed E-state index contributed by atoms with van der Waals surface area (Å²) in [5, 5.41) is 0. The van der Waals surface area contributed by atoms with Crippen LogP contribution in [0.2, 0.25) is 0 Å². The number of hydrogen-bond donors (Lipinski definition) is 1. The van der Waals surface area contributed by atoms with Gasteiger partial charge in [0.15, 0.2) is 0 Å². The average Bonchev–Trinajstić information content (AvgIpc) is 1.82. The smallest absolute Gasteiger partial charge is 0.322 e. The first kappa shape index (κ1) is 7.54. The largest absolute Gasteiger partial charge is 0.468 e. The summed E-state index contributed by atoms with van der Waals surface area (Å²) in [4.78, 5) is 10.8. The molecule has 1 fully saturated rings. The van der Waals surface area contributed by atoms with Crippen LogP contribution in [-0.4, -0.2) is 19.1 Å². The summed E-state index contributed by atoms with van der Waals surface area (Å²) in [5.41, 5.74) is 5.56. The van der Waals surface area contributed by atoms with Crippen LogP contribution in [-0.2, 0) is 9.53 Å². The number of carbonyl (C=O) groups excluding carboxylic acids is 1. The van der Waals surface area contributed by atoms with Gasteiger partial charge in [0.2, 0.25) is 0 Å². The molecule has 0 radical (unpaired) electrons. The molecule has 1 aliphatic rings. The first-order valence-corrected chi connectivity index (χ1v) is 3.59. The number of methoxy groups -OCH3 is 1. The van der Waals surface area contributed by atoms with Crippen LogP contribution in [0.5, 0.6) is 0 Å². The molecule has 0 aromatic carbocycles. The number of rotatable bonds is 2. The van der Waals surface area contributed by atoms with Gasteiger partial charge in [-0.25, -0.2) is 0 Å². The van der Waals surface area contributed by atoms with Gasteiger partial charge in [0.1, 0.15) is 6.04 Å². The van der Waals surface area contributed by atoms with Crippen molar-refractivity contribution in [1.82, 2.24) is 0 Å². The highest BCUT2D eigenvalue weighted by atomic mass is 16.5. The molecule has 0 heterocycles. The highest BCUT2D eigenvalue weighted by molar-refractivity contribution is 5.75. The fourth-order valence-corrected chi connectivity index (χ4v) is 1.13. The molecular weight excluding hydrogens is 130 g/mol. The second-order valence-corrected chi connectivity index (χ2v) is 2.74. The number of esters is 1. The lowest BCUT2D eigenvalue weighted by atomic mass is 9.80. The van der Waals surface area contributed by atoms with Crippen molar-refractivity contribution in [3.8, 4) is 0 Å². The Morgan fingerprint density at radius 3 is 2.60 bits per heavy atom. The van der Waals surface area contributed by atoms with Crippen LogP contribution in [0.3, 0.4) is 0 Å². The van der Waals surface area contributed by atoms with E-state index in [-0.39, 0.29) is 12.0 Å². The Labute approximate surface area is 60.5 Å². The van der Waals surface area contributed by atoms with Crippen LogP contribution in [0.15, 0.2) is 0 Å². The molecule has 1 aliphatic carbocycles.